The number of hydrogen-bond acceptors (Lipinski definition) is 11. The highest BCUT2D eigenvalue weighted by molar-refractivity contribution is 6.38. The lowest BCUT2D eigenvalue weighted by Crippen LogP contribution is -2.62. The van der Waals surface area contributed by atoms with Gasteiger partial charge in [0.2, 0.25) is 41.2 Å². The molecule has 6 atom stereocenters. The van der Waals surface area contributed by atoms with Gasteiger partial charge in [-0.15, -0.1) is 0 Å². The lowest BCUT2D eigenvalue weighted by molar-refractivity contribution is -0.154. The minimum absolute atomic E-state index is 0.00815. The van der Waals surface area contributed by atoms with Crippen LogP contribution in [-0.4, -0.2) is 129 Å². The Hall–Kier alpha value is -6.62. The molecule has 0 fully saturated rings. The summed E-state index contributed by atoms with van der Waals surface area (Å²) in [5, 5.41) is 43.7. The molecule has 0 saturated heterocycles. The second-order valence-electron chi connectivity index (χ2n) is 17.6. The van der Waals surface area contributed by atoms with E-state index in [0.717, 1.165) is 0 Å². The zero-order chi connectivity index (χ0) is 52.1. The van der Waals surface area contributed by atoms with Gasteiger partial charge in [0.1, 0.15) is 36.3 Å². The normalized spacial score (nSPS) is 14.1. The van der Waals surface area contributed by atoms with Gasteiger partial charge in [0.25, 0.3) is 5.91 Å². The Labute approximate surface area is 391 Å². The minimum atomic E-state index is -5.01. The summed E-state index contributed by atoms with van der Waals surface area (Å²) in [5.41, 5.74) is -0.0660. The van der Waals surface area contributed by atoms with Gasteiger partial charge in [0, 0.05) is 25.8 Å². The fourth-order valence-electron chi connectivity index (χ4n) is 6.43. The Bertz CT molecular complexity index is 1990. The molecule has 0 radical (unpaired) electrons. The van der Waals surface area contributed by atoms with Crippen LogP contribution >= 0.6 is 0 Å². The Morgan fingerprint density at radius 1 is 0.632 bits per heavy atom. The molecule has 0 aliphatic heterocycles. The van der Waals surface area contributed by atoms with Gasteiger partial charge in [-0.2, -0.15) is 13.2 Å². The molecule has 0 spiro atoms. The fraction of sp³-hybridized carbons (Fsp3) is 0.614. The van der Waals surface area contributed by atoms with E-state index in [2.05, 4.69) is 31.9 Å². The molecule has 0 aromatic heterocycles. The highest BCUT2D eigenvalue weighted by Gasteiger charge is 2.41. The number of benzene rings is 1. The fourth-order valence-corrected chi connectivity index (χ4v) is 6.43. The number of rotatable bonds is 29. The summed E-state index contributed by atoms with van der Waals surface area (Å²) in [7, 11) is 0. The number of ketones is 1. The van der Waals surface area contributed by atoms with Crippen LogP contribution in [0.2, 0.25) is 0 Å². The van der Waals surface area contributed by atoms with E-state index < -0.39 is 157 Å². The van der Waals surface area contributed by atoms with E-state index in [1.165, 1.54) is 20.8 Å². The molecule has 0 bridgehead atoms. The lowest BCUT2D eigenvalue weighted by atomic mass is 9.85. The van der Waals surface area contributed by atoms with Crippen molar-refractivity contribution in [3.63, 3.8) is 0 Å². The zero-order valence-electron chi connectivity index (χ0n) is 39.1. The monoisotopic (exact) mass is 971 g/mol. The summed E-state index contributed by atoms with van der Waals surface area (Å²) >= 11 is 0. The second kappa shape index (κ2) is 27.9. The number of nitrogens with one attached hydrogen (secondary N) is 7. The first-order valence-electron chi connectivity index (χ1n) is 21.8. The van der Waals surface area contributed by atoms with E-state index in [-0.39, 0.29) is 19.4 Å². The standard InChI is InChI=1S/C44H64F3N7O14/c1-8-9-18-48-41(67)35(62)30(22-44(45,46)47)53-38(64)27(19-23(2)3)52-42(68)36(43(5,6)7)54-40(66)28(20-25-13-11-10-12-24(25)4)51-37(63)26(14-16-32(56)57)50-39(65)29(21-34(60)61)49-31(55)15-17-33(58)59/h10-13,23,26-30,36H,8-9,14-22H2,1-7H3,(H,48,67)(H,49,55)(H,50,65)(H,51,63)(H,52,68)(H,53,64)(H,54,66)(H,56,57)(H,58,59)(H,60,61)/t26-,27-,28-,29-,30-,36+/m0/s1. The Kier molecular flexibility index (Phi) is 24.4. The molecule has 68 heavy (non-hydrogen) atoms. The SMILES string of the molecule is CCCCNC(=O)C(=O)[C@H](CC(F)(F)F)NC(=O)[C@H](CC(C)C)NC(=O)[C@@H](NC(=O)[C@H](Cc1ccccc1C)NC(=O)[C@H](CCC(=O)O)NC(=O)[C@H](CC(=O)O)NC(=O)CCC(=O)O)C(C)(C)C. The van der Waals surface area contributed by atoms with Crippen LogP contribution < -0.4 is 37.2 Å². The lowest BCUT2D eigenvalue weighted by Gasteiger charge is -2.34. The second-order valence-corrected chi connectivity index (χ2v) is 17.6. The van der Waals surface area contributed by atoms with Gasteiger partial charge in [-0.1, -0.05) is 72.2 Å². The van der Waals surface area contributed by atoms with Gasteiger partial charge in [-0.3, -0.25) is 52.7 Å². The van der Waals surface area contributed by atoms with Crippen LogP contribution in [0.1, 0.15) is 110 Å². The molecule has 1 rings (SSSR count). The van der Waals surface area contributed by atoms with Crippen LogP contribution in [0, 0.1) is 18.3 Å². The van der Waals surface area contributed by atoms with Gasteiger partial charge in [-0.25, -0.2) is 0 Å². The van der Waals surface area contributed by atoms with Crippen molar-refractivity contribution in [3.8, 4) is 0 Å². The Morgan fingerprint density at radius 3 is 1.69 bits per heavy atom. The van der Waals surface area contributed by atoms with Crippen LogP contribution in [0.4, 0.5) is 13.2 Å². The van der Waals surface area contributed by atoms with Crippen LogP contribution in [-0.2, 0) is 59.2 Å². The quantitative estimate of drug-likeness (QED) is 0.0398. The molecule has 1 aromatic carbocycles. The molecule has 10 N–H and O–H groups in total. The number of unbranched alkanes of at least 4 members (excludes halogenated alkanes) is 1. The average molecular weight is 972 g/mol. The molecule has 0 unspecified atom stereocenters. The number of amides is 7. The third-order valence-electron chi connectivity index (χ3n) is 10.1. The first-order valence-corrected chi connectivity index (χ1v) is 21.8. The number of carboxylic acids is 3. The number of halogens is 3. The summed E-state index contributed by atoms with van der Waals surface area (Å²) in [6.07, 6.45) is -10.0. The van der Waals surface area contributed by atoms with Crippen molar-refractivity contribution in [1.82, 2.24) is 37.2 Å². The van der Waals surface area contributed by atoms with Crippen molar-refractivity contribution < 1.29 is 81.2 Å². The number of carbonyl (C=O) groups excluding carboxylic acids is 8. The number of hydrogen-bond donors (Lipinski definition) is 10. The first-order chi connectivity index (χ1) is 31.4. The van der Waals surface area contributed by atoms with Crippen molar-refractivity contribution in [2.45, 2.75) is 155 Å². The van der Waals surface area contributed by atoms with Crippen molar-refractivity contribution in [3.05, 3.63) is 35.4 Å². The van der Waals surface area contributed by atoms with Crippen molar-refractivity contribution in [2.24, 2.45) is 11.3 Å². The molecule has 1 aromatic rings. The van der Waals surface area contributed by atoms with Crippen LogP contribution in [0.5, 0.6) is 0 Å². The molecular weight excluding hydrogens is 908 g/mol. The number of carbonyl (C=O) groups is 11. The van der Waals surface area contributed by atoms with Crippen molar-refractivity contribution >= 4 is 65.0 Å². The third kappa shape index (κ3) is 22.7. The van der Waals surface area contributed by atoms with Gasteiger partial charge in [0.05, 0.1) is 19.3 Å². The summed E-state index contributed by atoms with van der Waals surface area (Å²) in [4.78, 5) is 141. The van der Waals surface area contributed by atoms with Crippen molar-refractivity contribution in [1.29, 1.82) is 0 Å². The molecule has 24 heteroatoms. The summed E-state index contributed by atoms with van der Waals surface area (Å²) in [6.45, 7) is 11.3. The molecule has 0 aliphatic carbocycles. The minimum Gasteiger partial charge on any atom is -0.481 e. The van der Waals surface area contributed by atoms with Crippen LogP contribution in [0.25, 0.3) is 0 Å². The Morgan fingerprint density at radius 2 is 1.16 bits per heavy atom. The predicted molar refractivity (Wildman–Crippen MR) is 235 cm³/mol. The summed E-state index contributed by atoms with van der Waals surface area (Å²) in [5.74, 6) is -14.4. The number of aliphatic carboxylic acids is 3. The highest BCUT2D eigenvalue weighted by atomic mass is 19.4. The topological polar surface area (TPSA) is 333 Å². The molecule has 0 saturated carbocycles. The van der Waals surface area contributed by atoms with Gasteiger partial charge < -0.3 is 52.5 Å². The van der Waals surface area contributed by atoms with E-state index in [1.54, 1.807) is 52.0 Å². The largest absolute Gasteiger partial charge is 0.481 e. The highest BCUT2D eigenvalue weighted by Crippen LogP contribution is 2.24. The van der Waals surface area contributed by atoms with Gasteiger partial charge >= 0.3 is 24.1 Å². The molecule has 0 aliphatic rings. The summed E-state index contributed by atoms with van der Waals surface area (Å²) in [6, 6.07) is -4.17. The van der Waals surface area contributed by atoms with E-state index in [1.807, 2.05) is 5.32 Å². The van der Waals surface area contributed by atoms with Gasteiger partial charge in [0.15, 0.2) is 0 Å². The number of aryl methyl sites for hydroxylation is 1. The van der Waals surface area contributed by atoms with E-state index in [9.17, 15) is 76.1 Å². The van der Waals surface area contributed by atoms with E-state index in [4.69, 9.17) is 5.11 Å². The smallest absolute Gasteiger partial charge is 0.391 e. The molecule has 21 nitrogen and oxygen atoms in total. The maximum absolute atomic E-state index is 14.3. The Balaban J connectivity index is 3.62. The van der Waals surface area contributed by atoms with Crippen LogP contribution in [0.3, 0.4) is 0 Å². The molecular formula is C44H64F3N7O14. The maximum Gasteiger partial charge on any atom is 0.391 e. The van der Waals surface area contributed by atoms with Crippen LogP contribution in [0.15, 0.2) is 24.3 Å². The summed E-state index contributed by atoms with van der Waals surface area (Å²) < 4.78 is 40.9. The van der Waals surface area contributed by atoms with E-state index in [0.29, 0.717) is 24.0 Å². The maximum atomic E-state index is 14.3. The van der Waals surface area contributed by atoms with Crippen molar-refractivity contribution in [2.75, 3.05) is 6.54 Å². The first kappa shape index (κ1) is 59.4. The molecule has 0 heterocycles. The van der Waals surface area contributed by atoms with E-state index >= 15 is 0 Å². The number of Topliss-reactive ketones (excluding diaryl/α,β-unsaturated/α-hetero) is 1. The average Bonchev–Trinajstić information content (AvgIpc) is 3.21. The molecule has 7 amide bonds. The predicted octanol–water partition coefficient (Wildman–Crippen LogP) is 1.18. The number of carboxylic acid groups (broad SMARTS) is 3. The van der Waals surface area contributed by atoms with Gasteiger partial charge in [-0.05, 0) is 48.6 Å². The third-order valence-corrected chi connectivity index (χ3v) is 10.1. The zero-order valence-corrected chi connectivity index (χ0v) is 39.1. The molecule has 380 valence electrons. The number of alkyl halides is 3.